The van der Waals surface area contributed by atoms with E-state index in [4.69, 9.17) is 4.52 Å². The van der Waals surface area contributed by atoms with Crippen LogP contribution in [0.2, 0.25) is 0 Å². The molecule has 1 fully saturated rings. The van der Waals surface area contributed by atoms with Crippen molar-refractivity contribution in [2.24, 2.45) is 0 Å². The van der Waals surface area contributed by atoms with Crippen molar-refractivity contribution in [2.75, 3.05) is 6.54 Å². The lowest BCUT2D eigenvalue weighted by molar-refractivity contribution is -0.138. The third-order valence-corrected chi connectivity index (χ3v) is 4.23. The SMILES string of the molecule is O=c1cc([C@@H]2CCN[C@@H](Cc3ccccc3C(F)(F)F)C2)o[nH]1. The van der Waals surface area contributed by atoms with Gasteiger partial charge in [-0.3, -0.25) is 4.79 Å². The van der Waals surface area contributed by atoms with E-state index in [1.165, 1.54) is 18.2 Å². The van der Waals surface area contributed by atoms with Crippen molar-refractivity contribution >= 4 is 0 Å². The summed E-state index contributed by atoms with van der Waals surface area (Å²) in [7, 11) is 0. The first-order valence-electron chi connectivity index (χ1n) is 7.50. The molecule has 0 bridgehead atoms. The van der Waals surface area contributed by atoms with Crippen LogP contribution in [0.15, 0.2) is 39.6 Å². The molecule has 0 spiro atoms. The van der Waals surface area contributed by atoms with Gasteiger partial charge in [-0.2, -0.15) is 18.3 Å². The number of benzene rings is 1. The molecule has 23 heavy (non-hydrogen) atoms. The van der Waals surface area contributed by atoms with Gasteiger partial charge in [0.05, 0.1) is 5.56 Å². The van der Waals surface area contributed by atoms with Gasteiger partial charge in [-0.1, -0.05) is 18.2 Å². The van der Waals surface area contributed by atoms with Crippen LogP contribution in [-0.4, -0.2) is 17.7 Å². The maximum Gasteiger partial charge on any atom is 0.416 e. The average molecular weight is 326 g/mol. The normalized spacial score (nSPS) is 22.2. The molecule has 124 valence electrons. The Morgan fingerprint density at radius 3 is 2.74 bits per heavy atom. The number of halogens is 3. The molecule has 4 nitrogen and oxygen atoms in total. The van der Waals surface area contributed by atoms with Gasteiger partial charge in [0.25, 0.3) is 5.56 Å². The minimum absolute atomic E-state index is 0.0400. The topological polar surface area (TPSA) is 58.0 Å². The monoisotopic (exact) mass is 326 g/mol. The summed E-state index contributed by atoms with van der Waals surface area (Å²) in [5.41, 5.74) is -0.594. The van der Waals surface area contributed by atoms with E-state index in [1.807, 2.05) is 0 Å². The molecule has 0 amide bonds. The van der Waals surface area contributed by atoms with E-state index in [0.717, 1.165) is 12.5 Å². The minimum Gasteiger partial charge on any atom is -0.383 e. The largest absolute Gasteiger partial charge is 0.416 e. The van der Waals surface area contributed by atoms with Crippen molar-refractivity contribution in [3.63, 3.8) is 0 Å². The molecular formula is C16H17F3N2O2. The van der Waals surface area contributed by atoms with Gasteiger partial charge in [0, 0.05) is 18.0 Å². The molecule has 7 heteroatoms. The molecule has 2 heterocycles. The van der Waals surface area contributed by atoms with Gasteiger partial charge in [-0.05, 0) is 37.4 Å². The van der Waals surface area contributed by atoms with E-state index in [1.54, 1.807) is 6.07 Å². The number of rotatable bonds is 3. The van der Waals surface area contributed by atoms with Crippen LogP contribution in [0.1, 0.15) is 35.6 Å². The summed E-state index contributed by atoms with van der Waals surface area (Å²) in [5, 5.41) is 5.52. The number of aromatic nitrogens is 1. The van der Waals surface area contributed by atoms with Gasteiger partial charge < -0.3 is 9.84 Å². The van der Waals surface area contributed by atoms with Crippen LogP contribution < -0.4 is 10.9 Å². The first-order chi connectivity index (χ1) is 10.9. The average Bonchev–Trinajstić information content (AvgIpc) is 2.94. The van der Waals surface area contributed by atoms with Gasteiger partial charge in [0.15, 0.2) is 0 Å². The summed E-state index contributed by atoms with van der Waals surface area (Å²) in [6.07, 6.45) is -2.63. The van der Waals surface area contributed by atoms with E-state index < -0.39 is 11.7 Å². The molecule has 3 rings (SSSR count). The highest BCUT2D eigenvalue weighted by molar-refractivity contribution is 5.30. The van der Waals surface area contributed by atoms with Crippen LogP contribution in [0, 0.1) is 0 Å². The number of nitrogens with one attached hydrogen (secondary N) is 2. The lowest BCUT2D eigenvalue weighted by Gasteiger charge is -2.29. The predicted octanol–water partition coefficient (Wildman–Crippen LogP) is 3.07. The Morgan fingerprint density at radius 1 is 1.26 bits per heavy atom. The molecular weight excluding hydrogens is 309 g/mol. The number of hydrogen-bond donors (Lipinski definition) is 2. The third-order valence-electron chi connectivity index (χ3n) is 4.23. The maximum atomic E-state index is 13.1. The molecule has 1 aromatic carbocycles. The lowest BCUT2D eigenvalue weighted by Crippen LogP contribution is -2.39. The Balaban J connectivity index is 1.75. The van der Waals surface area contributed by atoms with Crippen molar-refractivity contribution in [3.05, 3.63) is 57.6 Å². The zero-order chi connectivity index (χ0) is 16.4. The van der Waals surface area contributed by atoms with Crippen LogP contribution >= 0.6 is 0 Å². The van der Waals surface area contributed by atoms with E-state index in [9.17, 15) is 18.0 Å². The number of hydrogen-bond acceptors (Lipinski definition) is 3. The Bertz CT molecular complexity index is 720. The summed E-state index contributed by atoms with van der Waals surface area (Å²) in [4.78, 5) is 11.2. The number of aromatic amines is 1. The maximum absolute atomic E-state index is 13.1. The molecule has 0 radical (unpaired) electrons. The number of alkyl halides is 3. The molecule has 1 aromatic heterocycles. The summed E-state index contributed by atoms with van der Waals surface area (Å²) in [6, 6.07) is 6.98. The summed E-state index contributed by atoms with van der Waals surface area (Å²) in [6.45, 7) is 0.679. The van der Waals surface area contributed by atoms with E-state index in [2.05, 4.69) is 10.5 Å². The summed E-state index contributed by atoms with van der Waals surface area (Å²) < 4.78 is 44.4. The first kappa shape index (κ1) is 15.9. The van der Waals surface area contributed by atoms with E-state index in [-0.39, 0.29) is 23.1 Å². The van der Waals surface area contributed by atoms with Crippen LogP contribution in [0.25, 0.3) is 0 Å². The van der Waals surface area contributed by atoms with Gasteiger partial charge in [0.2, 0.25) is 0 Å². The van der Waals surface area contributed by atoms with Gasteiger partial charge in [-0.25, -0.2) is 0 Å². The Labute approximate surface area is 130 Å². The quantitative estimate of drug-likeness (QED) is 0.911. The highest BCUT2D eigenvalue weighted by Crippen LogP contribution is 2.34. The van der Waals surface area contributed by atoms with Crippen LogP contribution in [-0.2, 0) is 12.6 Å². The van der Waals surface area contributed by atoms with Crippen LogP contribution in [0.5, 0.6) is 0 Å². The first-order valence-corrected chi connectivity index (χ1v) is 7.50. The molecule has 1 saturated heterocycles. The summed E-state index contributed by atoms with van der Waals surface area (Å²) >= 11 is 0. The smallest absolute Gasteiger partial charge is 0.383 e. The highest BCUT2D eigenvalue weighted by Gasteiger charge is 2.34. The predicted molar refractivity (Wildman–Crippen MR) is 78.2 cm³/mol. The van der Waals surface area contributed by atoms with Crippen molar-refractivity contribution in [2.45, 2.75) is 37.4 Å². The molecule has 2 aromatic rings. The molecule has 2 N–H and O–H groups in total. The van der Waals surface area contributed by atoms with Gasteiger partial charge in [-0.15, -0.1) is 0 Å². The molecule has 1 aliphatic rings. The molecule has 2 atom stereocenters. The Kier molecular flexibility index (Phi) is 4.30. The number of piperidine rings is 1. The fourth-order valence-corrected chi connectivity index (χ4v) is 3.16. The second kappa shape index (κ2) is 6.23. The fourth-order valence-electron chi connectivity index (χ4n) is 3.16. The summed E-state index contributed by atoms with van der Waals surface area (Å²) in [5.74, 6) is 0.615. The van der Waals surface area contributed by atoms with E-state index >= 15 is 0 Å². The van der Waals surface area contributed by atoms with Crippen molar-refractivity contribution in [1.29, 1.82) is 0 Å². The van der Waals surface area contributed by atoms with Gasteiger partial charge >= 0.3 is 6.18 Å². The fraction of sp³-hybridized carbons (Fsp3) is 0.438. The highest BCUT2D eigenvalue weighted by atomic mass is 19.4. The lowest BCUT2D eigenvalue weighted by atomic mass is 9.87. The standard InChI is InChI=1S/C16H17F3N2O2/c17-16(18,19)13-4-2-1-3-10(13)7-12-8-11(5-6-20-12)14-9-15(22)21-23-14/h1-4,9,11-12,20H,5-8H2,(H,21,22)/t11-,12+/m1/s1. The Morgan fingerprint density at radius 2 is 2.04 bits per heavy atom. The molecule has 0 saturated carbocycles. The molecule has 0 unspecified atom stereocenters. The van der Waals surface area contributed by atoms with Crippen LogP contribution in [0.3, 0.4) is 0 Å². The second-order valence-corrected chi connectivity index (χ2v) is 5.85. The molecule has 1 aliphatic heterocycles. The van der Waals surface area contributed by atoms with Crippen molar-refractivity contribution < 1.29 is 17.7 Å². The minimum atomic E-state index is -4.35. The van der Waals surface area contributed by atoms with Crippen molar-refractivity contribution in [3.8, 4) is 0 Å². The number of H-pyrrole nitrogens is 1. The van der Waals surface area contributed by atoms with Crippen molar-refractivity contribution in [1.82, 2.24) is 10.5 Å². The zero-order valence-corrected chi connectivity index (χ0v) is 12.3. The third kappa shape index (κ3) is 3.67. The van der Waals surface area contributed by atoms with Crippen LogP contribution in [0.4, 0.5) is 13.2 Å². The van der Waals surface area contributed by atoms with E-state index in [0.29, 0.717) is 25.1 Å². The molecule has 0 aliphatic carbocycles. The Hall–Kier alpha value is -2.02. The second-order valence-electron chi connectivity index (χ2n) is 5.85. The zero-order valence-electron chi connectivity index (χ0n) is 12.3. The van der Waals surface area contributed by atoms with Gasteiger partial charge in [0.1, 0.15) is 5.76 Å².